The van der Waals surface area contributed by atoms with Crippen LogP contribution in [0, 0.1) is 5.92 Å². The summed E-state index contributed by atoms with van der Waals surface area (Å²) < 4.78 is 0. The summed E-state index contributed by atoms with van der Waals surface area (Å²) in [6, 6.07) is 9.49. The van der Waals surface area contributed by atoms with Gasteiger partial charge in [0.05, 0.1) is 6.04 Å². The fraction of sp³-hybridized carbons (Fsp3) is 0.417. The zero-order chi connectivity index (χ0) is 10.8. The molecule has 1 fully saturated rings. The number of rotatable bonds is 1. The Bertz CT molecular complexity index is 350. The Hall–Kier alpha value is -1.35. The van der Waals surface area contributed by atoms with E-state index in [0.717, 1.165) is 23.5 Å². The Labute approximate surface area is 89.3 Å². The maximum absolute atomic E-state index is 11.6. The van der Waals surface area contributed by atoms with Crippen LogP contribution in [0.5, 0.6) is 0 Å². The molecule has 0 radical (unpaired) electrons. The van der Waals surface area contributed by atoms with Gasteiger partial charge in [0, 0.05) is 5.92 Å². The highest BCUT2D eigenvalue weighted by Gasteiger charge is 2.32. The number of carbonyl (C=O) groups excluding carboxylic acids is 1. The second-order valence-corrected chi connectivity index (χ2v) is 4.09. The normalized spacial score (nSPS) is 26.8. The molecule has 0 saturated carbocycles. The standard InChI is InChI=1S/C12H15NO2/c1-9-7-8-11(13(15)12(9)14)10-5-3-2-4-6-10/h2-6,9,11,15H,7-8H2,1H3. The maximum Gasteiger partial charge on any atom is 0.249 e. The van der Waals surface area contributed by atoms with Crippen LogP contribution in [-0.4, -0.2) is 16.2 Å². The lowest BCUT2D eigenvalue weighted by molar-refractivity contribution is -0.189. The fourth-order valence-electron chi connectivity index (χ4n) is 2.02. The van der Waals surface area contributed by atoms with Crippen LogP contribution < -0.4 is 0 Å². The van der Waals surface area contributed by atoms with E-state index in [1.807, 2.05) is 37.3 Å². The number of hydrogen-bond acceptors (Lipinski definition) is 2. The van der Waals surface area contributed by atoms with E-state index in [1.165, 1.54) is 0 Å². The molecule has 1 aromatic carbocycles. The highest BCUT2D eigenvalue weighted by atomic mass is 16.5. The van der Waals surface area contributed by atoms with E-state index < -0.39 is 0 Å². The van der Waals surface area contributed by atoms with Crippen molar-refractivity contribution in [2.45, 2.75) is 25.8 Å². The third kappa shape index (κ3) is 1.88. The van der Waals surface area contributed by atoms with E-state index in [0.29, 0.717) is 0 Å². The summed E-state index contributed by atoms with van der Waals surface area (Å²) >= 11 is 0. The second kappa shape index (κ2) is 4.03. The Morgan fingerprint density at radius 1 is 1.27 bits per heavy atom. The molecule has 1 aromatic rings. The lowest BCUT2D eigenvalue weighted by Crippen LogP contribution is -2.40. The largest absolute Gasteiger partial charge is 0.285 e. The highest BCUT2D eigenvalue weighted by Crippen LogP contribution is 2.32. The van der Waals surface area contributed by atoms with Gasteiger partial charge in [0.15, 0.2) is 0 Å². The van der Waals surface area contributed by atoms with E-state index in [-0.39, 0.29) is 17.9 Å². The van der Waals surface area contributed by atoms with Crippen LogP contribution in [-0.2, 0) is 4.79 Å². The van der Waals surface area contributed by atoms with E-state index >= 15 is 0 Å². The first-order valence-corrected chi connectivity index (χ1v) is 5.27. The number of amides is 1. The molecule has 3 nitrogen and oxygen atoms in total. The van der Waals surface area contributed by atoms with E-state index in [1.54, 1.807) is 0 Å². The zero-order valence-corrected chi connectivity index (χ0v) is 8.76. The smallest absolute Gasteiger partial charge is 0.249 e. The number of piperidine rings is 1. The van der Waals surface area contributed by atoms with Crippen LogP contribution >= 0.6 is 0 Å². The van der Waals surface area contributed by atoms with Gasteiger partial charge in [0.1, 0.15) is 0 Å². The van der Waals surface area contributed by atoms with Crippen molar-refractivity contribution >= 4 is 5.91 Å². The highest BCUT2D eigenvalue weighted by molar-refractivity contribution is 5.78. The second-order valence-electron chi connectivity index (χ2n) is 4.09. The minimum atomic E-state index is -0.171. The molecule has 3 heteroatoms. The van der Waals surface area contributed by atoms with Crippen molar-refractivity contribution in [2.75, 3.05) is 0 Å². The van der Waals surface area contributed by atoms with Gasteiger partial charge >= 0.3 is 0 Å². The van der Waals surface area contributed by atoms with Crippen LogP contribution in [0.1, 0.15) is 31.4 Å². The van der Waals surface area contributed by atoms with Gasteiger partial charge in [-0.15, -0.1) is 0 Å². The van der Waals surface area contributed by atoms with Gasteiger partial charge in [-0.05, 0) is 18.4 Å². The molecule has 0 aliphatic carbocycles. The van der Waals surface area contributed by atoms with Crippen LogP contribution in [0.15, 0.2) is 30.3 Å². The minimum absolute atomic E-state index is 0.0602. The molecule has 0 aromatic heterocycles. The van der Waals surface area contributed by atoms with Crippen LogP contribution in [0.25, 0.3) is 0 Å². The Morgan fingerprint density at radius 2 is 1.93 bits per heavy atom. The van der Waals surface area contributed by atoms with Gasteiger partial charge in [-0.25, -0.2) is 5.06 Å². The average molecular weight is 205 g/mol. The first-order chi connectivity index (χ1) is 7.20. The third-order valence-corrected chi connectivity index (χ3v) is 3.00. The number of benzene rings is 1. The average Bonchev–Trinajstić information content (AvgIpc) is 2.27. The number of nitrogens with zero attached hydrogens (tertiary/aromatic N) is 1. The summed E-state index contributed by atoms with van der Waals surface area (Å²) in [5, 5.41) is 10.6. The van der Waals surface area contributed by atoms with Gasteiger partial charge in [-0.2, -0.15) is 0 Å². The lowest BCUT2D eigenvalue weighted by atomic mass is 9.91. The minimum Gasteiger partial charge on any atom is -0.285 e. The van der Waals surface area contributed by atoms with Crippen molar-refractivity contribution in [3.05, 3.63) is 35.9 Å². The zero-order valence-electron chi connectivity index (χ0n) is 8.76. The molecule has 0 spiro atoms. The van der Waals surface area contributed by atoms with Crippen molar-refractivity contribution in [3.63, 3.8) is 0 Å². The Balaban J connectivity index is 2.21. The lowest BCUT2D eigenvalue weighted by Gasteiger charge is -2.33. The van der Waals surface area contributed by atoms with Crippen molar-refractivity contribution in [1.29, 1.82) is 0 Å². The van der Waals surface area contributed by atoms with Crippen molar-refractivity contribution < 1.29 is 10.0 Å². The molecule has 2 atom stereocenters. The van der Waals surface area contributed by atoms with Gasteiger partial charge in [-0.3, -0.25) is 10.0 Å². The molecule has 1 aliphatic rings. The quantitative estimate of drug-likeness (QED) is 0.715. The first kappa shape index (κ1) is 10.2. The SMILES string of the molecule is CC1CCC(c2ccccc2)N(O)C1=O. The number of hydrogen-bond donors (Lipinski definition) is 1. The van der Waals surface area contributed by atoms with E-state index in [9.17, 15) is 10.0 Å². The molecule has 2 rings (SSSR count). The predicted octanol–water partition coefficient (Wildman–Crippen LogP) is 2.38. The molecule has 1 heterocycles. The predicted molar refractivity (Wildman–Crippen MR) is 56.2 cm³/mol. The summed E-state index contributed by atoms with van der Waals surface area (Å²) in [5.74, 6) is -0.231. The monoisotopic (exact) mass is 205 g/mol. The summed E-state index contributed by atoms with van der Waals surface area (Å²) in [6.07, 6.45) is 1.67. The molecular weight excluding hydrogens is 190 g/mol. The van der Waals surface area contributed by atoms with Crippen molar-refractivity contribution in [2.24, 2.45) is 5.92 Å². The van der Waals surface area contributed by atoms with Crippen LogP contribution in [0.3, 0.4) is 0 Å². The summed E-state index contributed by atoms with van der Waals surface area (Å²) in [7, 11) is 0. The molecule has 1 amide bonds. The number of hydroxylamine groups is 2. The van der Waals surface area contributed by atoms with Crippen LogP contribution in [0.2, 0.25) is 0 Å². The summed E-state index contributed by atoms with van der Waals surface area (Å²) in [5.41, 5.74) is 1.00. The molecule has 15 heavy (non-hydrogen) atoms. The van der Waals surface area contributed by atoms with Gasteiger partial charge in [0.2, 0.25) is 5.91 Å². The first-order valence-electron chi connectivity index (χ1n) is 5.27. The molecule has 80 valence electrons. The fourth-order valence-corrected chi connectivity index (χ4v) is 2.02. The van der Waals surface area contributed by atoms with Crippen molar-refractivity contribution in [1.82, 2.24) is 5.06 Å². The summed E-state index contributed by atoms with van der Waals surface area (Å²) in [4.78, 5) is 11.6. The molecular formula is C12H15NO2. The van der Waals surface area contributed by atoms with Crippen molar-refractivity contribution in [3.8, 4) is 0 Å². The van der Waals surface area contributed by atoms with Gasteiger partial charge in [0.25, 0.3) is 0 Å². The molecule has 1 N–H and O–H groups in total. The molecule has 1 saturated heterocycles. The molecule has 1 aliphatic heterocycles. The van der Waals surface area contributed by atoms with Gasteiger partial charge in [-0.1, -0.05) is 37.3 Å². The van der Waals surface area contributed by atoms with E-state index in [4.69, 9.17) is 0 Å². The molecule has 2 unspecified atom stereocenters. The van der Waals surface area contributed by atoms with Crippen LogP contribution in [0.4, 0.5) is 0 Å². The molecule has 0 bridgehead atoms. The maximum atomic E-state index is 11.6. The van der Waals surface area contributed by atoms with Gasteiger partial charge < -0.3 is 0 Å². The Kier molecular flexibility index (Phi) is 2.73. The topological polar surface area (TPSA) is 40.5 Å². The summed E-state index contributed by atoms with van der Waals surface area (Å²) in [6.45, 7) is 1.85. The third-order valence-electron chi connectivity index (χ3n) is 3.00. The Morgan fingerprint density at radius 3 is 2.60 bits per heavy atom. The number of carbonyl (C=O) groups is 1. The van der Waals surface area contributed by atoms with E-state index in [2.05, 4.69) is 0 Å².